The zero-order valence-corrected chi connectivity index (χ0v) is 12.5. The standard InChI is InChI=1S/C15H20BrNO/c1-12-3-2-9-17(11-12)10-8-15(18)13-4-6-14(16)7-5-13/h4-7,12H,2-3,8-11H2,1H3/p+1. The zero-order valence-electron chi connectivity index (χ0n) is 10.9. The summed E-state index contributed by atoms with van der Waals surface area (Å²) < 4.78 is 1.02. The number of rotatable bonds is 4. The van der Waals surface area contributed by atoms with Gasteiger partial charge in [0.1, 0.15) is 0 Å². The highest BCUT2D eigenvalue weighted by Crippen LogP contribution is 2.11. The lowest BCUT2D eigenvalue weighted by Crippen LogP contribution is -3.13. The van der Waals surface area contributed by atoms with Crippen LogP contribution in [0.1, 0.15) is 36.5 Å². The van der Waals surface area contributed by atoms with Crippen LogP contribution in [-0.2, 0) is 0 Å². The fraction of sp³-hybridized carbons (Fsp3) is 0.533. The molecule has 98 valence electrons. The van der Waals surface area contributed by atoms with Gasteiger partial charge in [-0.2, -0.15) is 0 Å². The Kier molecular flexibility index (Phi) is 4.95. The van der Waals surface area contributed by atoms with Crippen molar-refractivity contribution in [2.45, 2.75) is 26.2 Å². The Morgan fingerprint density at radius 1 is 1.39 bits per heavy atom. The van der Waals surface area contributed by atoms with Crippen LogP contribution >= 0.6 is 15.9 Å². The largest absolute Gasteiger partial charge is 0.334 e. The van der Waals surface area contributed by atoms with Crippen LogP contribution < -0.4 is 4.90 Å². The molecule has 1 aliphatic heterocycles. The van der Waals surface area contributed by atoms with Gasteiger partial charge in [-0.05, 0) is 25.0 Å². The van der Waals surface area contributed by atoms with Gasteiger partial charge < -0.3 is 4.90 Å². The Labute approximate surface area is 117 Å². The maximum absolute atomic E-state index is 12.1. The molecule has 0 bridgehead atoms. The minimum Gasteiger partial charge on any atom is -0.334 e. The Morgan fingerprint density at radius 2 is 2.11 bits per heavy atom. The van der Waals surface area contributed by atoms with E-state index in [4.69, 9.17) is 0 Å². The van der Waals surface area contributed by atoms with E-state index in [1.54, 1.807) is 4.90 Å². The summed E-state index contributed by atoms with van der Waals surface area (Å²) >= 11 is 3.39. The van der Waals surface area contributed by atoms with Crippen LogP contribution in [0.25, 0.3) is 0 Å². The van der Waals surface area contributed by atoms with E-state index in [1.165, 1.54) is 25.9 Å². The van der Waals surface area contributed by atoms with E-state index < -0.39 is 0 Å². The first-order chi connectivity index (χ1) is 8.65. The number of ketones is 1. The van der Waals surface area contributed by atoms with Crippen molar-refractivity contribution in [3.63, 3.8) is 0 Å². The third-order valence-corrected chi connectivity index (χ3v) is 4.26. The summed E-state index contributed by atoms with van der Waals surface area (Å²) in [4.78, 5) is 13.6. The highest BCUT2D eigenvalue weighted by atomic mass is 79.9. The van der Waals surface area contributed by atoms with Crippen LogP contribution in [0.15, 0.2) is 28.7 Å². The number of carbonyl (C=O) groups excluding carboxylic acids is 1. The van der Waals surface area contributed by atoms with Gasteiger partial charge in [0.2, 0.25) is 0 Å². The first kappa shape index (κ1) is 13.8. The number of carbonyl (C=O) groups is 1. The number of Topliss-reactive ketones (excluding diaryl/α,β-unsaturated/α-hetero) is 1. The second-order valence-corrected chi connectivity index (χ2v) is 6.30. The fourth-order valence-corrected chi connectivity index (χ4v) is 2.96. The summed E-state index contributed by atoms with van der Waals surface area (Å²) in [5, 5.41) is 0. The minimum atomic E-state index is 0.272. The molecule has 1 saturated heterocycles. The molecular formula is C15H21BrNO+. The van der Waals surface area contributed by atoms with Crippen LogP contribution in [0, 0.1) is 5.92 Å². The average molecular weight is 311 g/mol. The molecular weight excluding hydrogens is 290 g/mol. The summed E-state index contributed by atoms with van der Waals surface area (Å²) in [6, 6.07) is 7.67. The van der Waals surface area contributed by atoms with Crippen molar-refractivity contribution in [1.82, 2.24) is 0 Å². The van der Waals surface area contributed by atoms with Gasteiger partial charge in [-0.3, -0.25) is 4.79 Å². The van der Waals surface area contributed by atoms with E-state index >= 15 is 0 Å². The van der Waals surface area contributed by atoms with Crippen LogP contribution in [0.4, 0.5) is 0 Å². The SMILES string of the molecule is CC1CCC[NH+](CCC(=O)c2ccc(Br)cc2)C1. The molecule has 0 spiro atoms. The van der Waals surface area contributed by atoms with Gasteiger partial charge in [0.05, 0.1) is 26.1 Å². The molecule has 0 amide bonds. The first-order valence-corrected chi connectivity index (χ1v) is 7.57. The third-order valence-electron chi connectivity index (χ3n) is 3.74. The van der Waals surface area contributed by atoms with E-state index in [0.29, 0.717) is 6.42 Å². The number of halogens is 1. The minimum absolute atomic E-state index is 0.272. The maximum Gasteiger partial charge on any atom is 0.168 e. The monoisotopic (exact) mass is 310 g/mol. The maximum atomic E-state index is 12.1. The topological polar surface area (TPSA) is 21.5 Å². The number of benzene rings is 1. The summed E-state index contributed by atoms with van der Waals surface area (Å²) in [6.45, 7) is 5.76. The Morgan fingerprint density at radius 3 is 2.78 bits per heavy atom. The molecule has 2 nitrogen and oxygen atoms in total. The quantitative estimate of drug-likeness (QED) is 0.847. The van der Waals surface area contributed by atoms with Crippen molar-refractivity contribution in [3.05, 3.63) is 34.3 Å². The Hall–Kier alpha value is -0.670. The van der Waals surface area contributed by atoms with E-state index in [-0.39, 0.29) is 5.78 Å². The highest BCUT2D eigenvalue weighted by molar-refractivity contribution is 9.10. The van der Waals surface area contributed by atoms with E-state index in [2.05, 4.69) is 22.9 Å². The lowest BCUT2D eigenvalue weighted by Gasteiger charge is -2.27. The second kappa shape index (κ2) is 6.48. The molecule has 0 radical (unpaired) electrons. The first-order valence-electron chi connectivity index (χ1n) is 6.77. The summed E-state index contributed by atoms with van der Waals surface area (Å²) in [5.74, 6) is 1.09. The lowest BCUT2D eigenvalue weighted by atomic mass is 9.99. The Bertz CT molecular complexity index is 401. The molecule has 1 fully saturated rings. The Balaban J connectivity index is 1.82. The van der Waals surface area contributed by atoms with Crippen LogP contribution in [0.5, 0.6) is 0 Å². The second-order valence-electron chi connectivity index (χ2n) is 5.38. The smallest absolute Gasteiger partial charge is 0.168 e. The van der Waals surface area contributed by atoms with Crippen molar-refractivity contribution in [3.8, 4) is 0 Å². The molecule has 1 heterocycles. The molecule has 0 aromatic heterocycles. The van der Waals surface area contributed by atoms with Crippen molar-refractivity contribution in [2.75, 3.05) is 19.6 Å². The predicted octanol–water partition coefficient (Wildman–Crippen LogP) is 2.34. The summed E-state index contributed by atoms with van der Waals surface area (Å²) in [5.41, 5.74) is 0.836. The molecule has 0 saturated carbocycles. The molecule has 2 atom stereocenters. The fourth-order valence-electron chi connectivity index (χ4n) is 2.69. The summed E-state index contributed by atoms with van der Waals surface area (Å²) in [6.07, 6.45) is 3.33. The molecule has 3 heteroatoms. The number of nitrogens with one attached hydrogen (secondary N) is 1. The number of quaternary nitrogens is 1. The summed E-state index contributed by atoms with van der Waals surface area (Å²) in [7, 11) is 0. The van der Waals surface area contributed by atoms with E-state index in [0.717, 1.165) is 22.5 Å². The van der Waals surface area contributed by atoms with E-state index in [9.17, 15) is 4.79 Å². The number of hydrogen-bond donors (Lipinski definition) is 1. The number of likely N-dealkylation sites (tertiary alicyclic amines) is 1. The van der Waals surface area contributed by atoms with Crippen molar-refractivity contribution in [1.29, 1.82) is 0 Å². The van der Waals surface area contributed by atoms with Gasteiger partial charge >= 0.3 is 0 Å². The van der Waals surface area contributed by atoms with Gasteiger partial charge in [0.25, 0.3) is 0 Å². The van der Waals surface area contributed by atoms with Gasteiger partial charge in [0, 0.05) is 16.0 Å². The van der Waals surface area contributed by atoms with Crippen molar-refractivity contribution < 1.29 is 9.69 Å². The molecule has 2 rings (SSSR count). The van der Waals surface area contributed by atoms with Crippen LogP contribution in [-0.4, -0.2) is 25.4 Å². The van der Waals surface area contributed by atoms with Gasteiger partial charge in [0.15, 0.2) is 5.78 Å². The molecule has 1 N–H and O–H groups in total. The number of hydrogen-bond acceptors (Lipinski definition) is 1. The zero-order chi connectivity index (χ0) is 13.0. The lowest BCUT2D eigenvalue weighted by molar-refractivity contribution is -0.907. The van der Waals surface area contributed by atoms with Gasteiger partial charge in [-0.25, -0.2) is 0 Å². The molecule has 18 heavy (non-hydrogen) atoms. The third kappa shape index (κ3) is 3.92. The predicted molar refractivity (Wildman–Crippen MR) is 77.1 cm³/mol. The molecule has 1 aliphatic rings. The van der Waals surface area contributed by atoms with Gasteiger partial charge in [-0.1, -0.05) is 35.0 Å². The molecule has 0 aliphatic carbocycles. The molecule has 1 aromatic rings. The van der Waals surface area contributed by atoms with E-state index in [1.807, 2.05) is 24.3 Å². The van der Waals surface area contributed by atoms with Crippen molar-refractivity contribution in [2.24, 2.45) is 5.92 Å². The van der Waals surface area contributed by atoms with Crippen LogP contribution in [0.3, 0.4) is 0 Å². The molecule has 2 unspecified atom stereocenters. The van der Waals surface area contributed by atoms with Crippen molar-refractivity contribution >= 4 is 21.7 Å². The number of piperidine rings is 1. The normalized spacial score (nSPS) is 23.9. The van der Waals surface area contributed by atoms with Gasteiger partial charge in [-0.15, -0.1) is 0 Å². The average Bonchev–Trinajstić information content (AvgIpc) is 2.37. The highest BCUT2D eigenvalue weighted by Gasteiger charge is 2.20. The van der Waals surface area contributed by atoms with Crippen LogP contribution in [0.2, 0.25) is 0 Å². The molecule has 1 aromatic carbocycles.